The molecule has 106 valence electrons. The van der Waals surface area contributed by atoms with Crippen LogP contribution >= 0.6 is 0 Å². The van der Waals surface area contributed by atoms with Crippen LogP contribution < -0.4 is 5.32 Å². The molecule has 4 nitrogen and oxygen atoms in total. The number of esters is 1. The molecule has 18 heavy (non-hydrogen) atoms. The molecule has 0 radical (unpaired) electrons. The molecule has 4 heteroatoms. The van der Waals surface area contributed by atoms with Gasteiger partial charge in [-0.1, -0.05) is 19.3 Å². The lowest BCUT2D eigenvalue weighted by Crippen LogP contribution is -2.42. The van der Waals surface area contributed by atoms with Crippen molar-refractivity contribution < 1.29 is 14.6 Å². The maximum Gasteiger partial charge on any atom is 0.305 e. The predicted octanol–water partition coefficient (Wildman–Crippen LogP) is 2.00. The van der Waals surface area contributed by atoms with Crippen molar-refractivity contribution in [1.29, 1.82) is 0 Å². The van der Waals surface area contributed by atoms with Gasteiger partial charge in [0, 0.05) is 12.5 Å². The van der Waals surface area contributed by atoms with E-state index in [-0.39, 0.29) is 18.1 Å². The summed E-state index contributed by atoms with van der Waals surface area (Å²) < 4.78 is 4.87. The van der Waals surface area contributed by atoms with E-state index in [2.05, 4.69) is 5.32 Å². The number of unbranched alkanes of at least 4 members (excludes halogenated alkanes) is 2. The molecule has 0 amide bonds. The standard InChI is InChI=1S/C14H27NO3/c1-2-18-14(17)10-4-3-7-11-15-12-8-5-6-9-13(12)16/h12-13,15-16H,2-11H2,1H3. The number of nitrogens with one attached hydrogen (secondary N) is 1. The molecule has 1 saturated carbocycles. The van der Waals surface area contributed by atoms with Gasteiger partial charge in [0.2, 0.25) is 0 Å². The highest BCUT2D eigenvalue weighted by molar-refractivity contribution is 5.69. The highest BCUT2D eigenvalue weighted by Crippen LogP contribution is 2.18. The number of ether oxygens (including phenoxy) is 1. The zero-order valence-electron chi connectivity index (χ0n) is 11.5. The summed E-state index contributed by atoms with van der Waals surface area (Å²) in [5, 5.41) is 13.2. The van der Waals surface area contributed by atoms with Crippen molar-refractivity contribution in [1.82, 2.24) is 5.32 Å². The van der Waals surface area contributed by atoms with Crippen molar-refractivity contribution in [3.8, 4) is 0 Å². The number of hydrogen-bond acceptors (Lipinski definition) is 4. The number of hydrogen-bond donors (Lipinski definition) is 2. The molecule has 2 atom stereocenters. The zero-order valence-corrected chi connectivity index (χ0v) is 11.5. The van der Waals surface area contributed by atoms with Crippen LogP contribution in [0.4, 0.5) is 0 Å². The average Bonchev–Trinajstić information content (AvgIpc) is 2.36. The van der Waals surface area contributed by atoms with Gasteiger partial charge in [-0.15, -0.1) is 0 Å². The summed E-state index contributed by atoms with van der Waals surface area (Å²) in [6, 6.07) is 0.281. The smallest absolute Gasteiger partial charge is 0.305 e. The van der Waals surface area contributed by atoms with E-state index >= 15 is 0 Å². The Morgan fingerprint density at radius 2 is 2.06 bits per heavy atom. The molecule has 0 aromatic carbocycles. The van der Waals surface area contributed by atoms with E-state index in [1.54, 1.807) is 0 Å². The summed E-state index contributed by atoms with van der Waals surface area (Å²) in [6.07, 6.45) is 7.74. The second kappa shape index (κ2) is 9.34. The minimum absolute atomic E-state index is 0.0897. The summed E-state index contributed by atoms with van der Waals surface area (Å²) in [4.78, 5) is 11.1. The third-order valence-corrected chi connectivity index (χ3v) is 3.50. The van der Waals surface area contributed by atoms with Crippen LogP contribution in [0.3, 0.4) is 0 Å². The summed E-state index contributed by atoms with van der Waals surface area (Å²) in [5.74, 6) is -0.0897. The largest absolute Gasteiger partial charge is 0.466 e. The highest BCUT2D eigenvalue weighted by Gasteiger charge is 2.21. The molecule has 0 bridgehead atoms. The van der Waals surface area contributed by atoms with E-state index in [1.165, 1.54) is 6.42 Å². The van der Waals surface area contributed by atoms with Crippen molar-refractivity contribution in [3.05, 3.63) is 0 Å². The molecule has 2 unspecified atom stereocenters. The zero-order chi connectivity index (χ0) is 13.2. The van der Waals surface area contributed by atoms with Crippen LogP contribution in [0.5, 0.6) is 0 Å². The third-order valence-electron chi connectivity index (χ3n) is 3.50. The average molecular weight is 257 g/mol. The number of carbonyl (C=O) groups excluding carboxylic acids is 1. The number of aliphatic hydroxyl groups is 1. The first-order valence-corrected chi connectivity index (χ1v) is 7.31. The Balaban J connectivity index is 1.93. The predicted molar refractivity (Wildman–Crippen MR) is 71.4 cm³/mol. The van der Waals surface area contributed by atoms with Gasteiger partial charge in [-0.2, -0.15) is 0 Å². The van der Waals surface area contributed by atoms with Crippen molar-refractivity contribution in [2.45, 2.75) is 70.4 Å². The number of aliphatic hydroxyl groups excluding tert-OH is 1. The van der Waals surface area contributed by atoms with Crippen LogP contribution in [0.2, 0.25) is 0 Å². The van der Waals surface area contributed by atoms with Crippen LogP contribution in [-0.4, -0.2) is 36.4 Å². The highest BCUT2D eigenvalue weighted by atomic mass is 16.5. The Labute approximate surface area is 110 Å². The van der Waals surface area contributed by atoms with E-state index in [9.17, 15) is 9.90 Å². The van der Waals surface area contributed by atoms with Gasteiger partial charge in [0.1, 0.15) is 0 Å². The van der Waals surface area contributed by atoms with Gasteiger partial charge in [0.15, 0.2) is 0 Å². The van der Waals surface area contributed by atoms with Crippen LogP contribution in [0.25, 0.3) is 0 Å². The maximum atomic E-state index is 11.1. The lowest BCUT2D eigenvalue weighted by molar-refractivity contribution is -0.143. The minimum Gasteiger partial charge on any atom is -0.466 e. The molecule has 0 aromatic rings. The number of rotatable bonds is 8. The maximum absolute atomic E-state index is 11.1. The second-order valence-corrected chi connectivity index (χ2v) is 5.03. The van der Waals surface area contributed by atoms with E-state index < -0.39 is 0 Å². The monoisotopic (exact) mass is 257 g/mol. The van der Waals surface area contributed by atoms with Crippen molar-refractivity contribution in [3.63, 3.8) is 0 Å². The molecule has 0 saturated heterocycles. The third kappa shape index (κ3) is 6.36. The van der Waals surface area contributed by atoms with Crippen LogP contribution in [0.15, 0.2) is 0 Å². The van der Waals surface area contributed by atoms with Crippen molar-refractivity contribution >= 4 is 5.97 Å². The fourth-order valence-corrected chi connectivity index (χ4v) is 2.44. The quantitative estimate of drug-likeness (QED) is 0.516. The molecule has 2 N–H and O–H groups in total. The SMILES string of the molecule is CCOC(=O)CCCCCNC1CCCCC1O. The molecule has 0 aromatic heterocycles. The Morgan fingerprint density at radius 1 is 1.28 bits per heavy atom. The summed E-state index contributed by atoms with van der Waals surface area (Å²) in [7, 11) is 0. The van der Waals surface area contributed by atoms with E-state index in [0.717, 1.165) is 45.1 Å². The Bertz CT molecular complexity index is 233. The summed E-state index contributed by atoms with van der Waals surface area (Å²) in [6.45, 7) is 3.24. The van der Waals surface area contributed by atoms with Gasteiger partial charge in [-0.3, -0.25) is 4.79 Å². The fraction of sp³-hybridized carbons (Fsp3) is 0.929. The van der Waals surface area contributed by atoms with Crippen LogP contribution in [0.1, 0.15) is 58.3 Å². The van der Waals surface area contributed by atoms with Crippen LogP contribution in [0, 0.1) is 0 Å². The fourth-order valence-electron chi connectivity index (χ4n) is 2.44. The molecule has 1 aliphatic carbocycles. The van der Waals surface area contributed by atoms with Gasteiger partial charge < -0.3 is 15.2 Å². The molecule has 0 spiro atoms. The van der Waals surface area contributed by atoms with E-state index in [1.807, 2.05) is 6.92 Å². The molecule has 0 heterocycles. The second-order valence-electron chi connectivity index (χ2n) is 5.03. The lowest BCUT2D eigenvalue weighted by Gasteiger charge is -2.28. The normalized spacial score (nSPS) is 23.9. The molecule has 1 rings (SSSR count). The Hall–Kier alpha value is -0.610. The lowest BCUT2D eigenvalue weighted by atomic mass is 9.92. The van der Waals surface area contributed by atoms with E-state index in [4.69, 9.17) is 4.74 Å². The first kappa shape index (κ1) is 15.4. The molecular weight excluding hydrogens is 230 g/mol. The van der Waals surface area contributed by atoms with Gasteiger partial charge in [0.05, 0.1) is 12.7 Å². The first-order valence-electron chi connectivity index (χ1n) is 7.31. The van der Waals surface area contributed by atoms with Crippen molar-refractivity contribution in [2.75, 3.05) is 13.2 Å². The molecule has 0 aliphatic heterocycles. The minimum atomic E-state index is -0.168. The van der Waals surface area contributed by atoms with Gasteiger partial charge >= 0.3 is 5.97 Å². The van der Waals surface area contributed by atoms with Gasteiger partial charge in [0.25, 0.3) is 0 Å². The number of carbonyl (C=O) groups is 1. The summed E-state index contributed by atoms with van der Waals surface area (Å²) in [5.41, 5.74) is 0. The molecule has 1 aliphatic rings. The first-order chi connectivity index (χ1) is 8.74. The summed E-state index contributed by atoms with van der Waals surface area (Å²) >= 11 is 0. The van der Waals surface area contributed by atoms with Crippen molar-refractivity contribution in [2.24, 2.45) is 0 Å². The molecule has 1 fully saturated rings. The van der Waals surface area contributed by atoms with E-state index in [0.29, 0.717) is 13.0 Å². The molecular formula is C14H27NO3. The van der Waals surface area contributed by atoms with Gasteiger partial charge in [-0.25, -0.2) is 0 Å². The Kier molecular flexibility index (Phi) is 8.01. The Morgan fingerprint density at radius 3 is 2.78 bits per heavy atom. The van der Waals surface area contributed by atoms with Gasteiger partial charge in [-0.05, 0) is 39.2 Å². The van der Waals surface area contributed by atoms with Crippen LogP contribution in [-0.2, 0) is 9.53 Å². The topological polar surface area (TPSA) is 58.6 Å².